The van der Waals surface area contributed by atoms with Gasteiger partial charge in [-0.1, -0.05) is 13.8 Å². The van der Waals surface area contributed by atoms with Gasteiger partial charge < -0.3 is 9.59 Å². The van der Waals surface area contributed by atoms with Crippen molar-refractivity contribution in [1.82, 2.24) is 0 Å². The summed E-state index contributed by atoms with van der Waals surface area (Å²) in [5, 5.41) is 0. The molecule has 0 heterocycles. The van der Waals surface area contributed by atoms with Crippen molar-refractivity contribution in [3.63, 3.8) is 0 Å². The molecule has 0 unspecified atom stereocenters. The average molecular weight is 144 g/mol. The van der Waals surface area contributed by atoms with Gasteiger partial charge in [0.1, 0.15) is 11.6 Å². The average Bonchev–Trinajstić information content (AvgIpc) is 1.89. The largest absolute Gasteiger partial charge is 0.300 e. The molecule has 0 aromatic heterocycles. The number of ketones is 2. The summed E-state index contributed by atoms with van der Waals surface area (Å²) in [5.74, 6) is 0.509. The maximum Gasteiger partial charge on any atom is 0.129 e. The summed E-state index contributed by atoms with van der Waals surface area (Å²) in [7, 11) is 0. The summed E-state index contributed by atoms with van der Waals surface area (Å²) in [4.78, 5) is 19.6. The first-order valence-corrected chi connectivity index (χ1v) is 3.53. The molecule has 0 aromatic rings. The first-order chi connectivity index (χ1) is 4.54. The molecule has 2 heteroatoms. The second kappa shape index (κ2) is 8.34. The lowest BCUT2D eigenvalue weighted by Gasteiger charge is -1.71. The summed E-state index contributed by atoms with van der Waals surface area (Å²) >= 11 is 0. The minimum absolute atomic E-state index is 0.255. The van der Waals surface area contributed by atoms with Gasteiger partial charge in [0, 0.05) is 12.8 Å². The van der Waals surface area contributed by atoms with Crippen LogP contribution in [-0.2, 0) is 9.59 Å². The zero-order valence-corrected chi connectivity index (χ0v) is 7.23. The van der Waals surface area contributed by atoms with Crippen LogP contribution in [0.15, 0.2) is 0 Å². The third kappa shape index (κ3) is 26.4. The van der Waals surface area contributed by atoms with Crippen molar-refractivity contribution in [2.45, 2.75) is 40.5 Å². The van der Waals surface area contributed by atoms with Crippen LogP contribution in [0.25, 0.3) is 0 Å². The molecule has 60 valence electrons. The Balaban J connectivity index is 0. The summed E-state index contributed by atoms with van der Waals surface area (Å²) < 4.78 is 0. The zero-order chi connectivity index (χ0) is 8.57. The van der Waals surface area contributed by atoms with E-state index in [1.54, 1.807) is 13.8 Å². The Morgan fingerprint density at radius 2 is 1.00 bits per heavy atom. The summed E-state index contributed by atoms with van der Waals surface area (Å²) in [6.07, 6.45) is 1.33. The van der Waals surface area contributed by atoms with Gasteiger partial charge in [-0.15, -0.1) is 0 Å². The lowest BCUT2D eigenvalue weighted by Crippen LogP contribution is -1.80. The zero-order valence-electron chi connectivity index (χ0n) is 7.23. The molecular weight excluding hydrogens is 128 g/mol. The van der Waals surface area contributed by atoms with Gasteiger partial charge in [0.2, 0.25) is 0 Å². The van der Waals surface area contributed by atoms with Gasteiger partial charge in [0.15, 0.2) is 0 Å². The van der Waals surface area contributed by atoms with Gasteiger partial charge in [0.25, 0.3) is 0 Å². The first kappa shape index (κ1) is 12.1. The SMILES string of the molecule is CCC(C)=O.CCC(C)=O. The van der Waals surface area contributed by atoms with E-state index in [9.17, 15) is 9.59 Å². The van der Waals surface area contributed by atoms with E-state index in [0.717, 1.165) is 0 Å². The Bertz CT molecular complexity index is 91.8. The molecule has 10 heavy (non-hydrogen) atoms. The van der Waals surface area contributed by atoms with Gasteiger partial charge in [-0.25, -0.2) is 0 Å². The number of hydrogen-bond acceptors (Lipinski definition) is 2. The monoisotopic (exact) mass is 144 g/mol. The molecule has 0 aliphatic heterocycles. The van der Waals surface area contributed by atoms with Gasteiger partial charge in [0.05, 0.1) is 0 Å². The van der Waals surface area contributed by atoms with Crippen molar-refractivity contribution >= 4 is 11.6 Å². The Labute approximate surface area is 62.6 Å². The second-order valence-electron chi connectivity index (χ2n) is 2.11. The highest BCUT2D eigenvalue weighted by Crippen LogP contribution is 1.72. The third-order valence-corrected chi connectivity index (χ3v) is 0.996. The Morgan fingerprint density at radius 3 is 1.00 bits per heavy atom. The summed E-state index contributed by atoms with van der Waals surface area (Å²) in [5.41, 5.74) is 0. The standard InChI is InChI=1S/2C4H8O/c2*1-3-4(2)5/h2*3H2,1-2H3. The van der Waals surface area contributed by atoms with Crippen LogP contribution in [0.5, 0.6) is 0 Å². The fourth-order valence-electron chi connectivity index (χ4n) is 0. The molecule has 0 amide bonds. The highest BCUT2D eigenvalue weighted by molar-refractivity contribution is 5.75. The summed E-state index contributed by atoms with van der Waals surface area (Å²) in [6.45, 7) is 6.87. The molecule has 0 aliphatic rings. The fourth-order valence-corrected chi connectivity index (χ4v) is 0. The van der Waals surface area contributed by atoms with Crippen LogP contribution in [0.2, 0.25) is 0 Å². The van der Waals surface area contributed by atoms with Crippen LogP contribution in [-0.4, -0.2) is 11.6 Å². The lowest BCUT2D eigenvalue weighted by atomic mass is 10.4. The van der Waals surface area contributed by atoms with E-state index in [-0.39, 0.29) is 11.6 Å². The molecule has 0 aliphatic carbocycles. The number of hydrogen-bond donors (Lipinski definition) is 0. The normalized spacial score (nSPS) is 7.60. The second-order valence-corrected chi connectivity index (χ2v) is 2.11. The van der Waals surface area contributed by atoms with Gasteiger partial charge in [-0.05, 0) is 13.8 Å². The number of carbonyl (C=O) groups is 2. The Kier molecular flexibility index (Phi) is 10.1. The van der Waals surface area contributed by atoms with Crippen LogP contribution in [0.1, 0.15) is 40.5 Å². The van der Waals surface area contributed by atoms with Crippen molar-refractivity contribution in [1.29, 1.82) is 0 Å². The van der Waals surface area contributed by atoms with Crippen molar-refractivity contribution in [3.8, 4) is 0 Å². The molecular formula is C8H16O2. The topological polar surface area (TPSA) is 34.1 Å². The predicted octanol–water partition coefficient (Wildman–Crippen LogP) is 1.97. The molecule has 0 fully saturated rings. The Morgan fingerprint density at radius 1 is 0.900 bits per heavy atom. The van der Waals surface area contributed by atoms with Crippen LogP contribution in [0.4, 0.5) is 0 Å². The quantitative estimate of drug-likeness (QED) is 0.593. The van der Waals surface area contributed by atoms with E-state index in [2.05, 4.69) is 0 Å². The van der Waals surface area contributed by atoms with Crippen LogP contribution in [0.3, 0.4) is 0 Å². The van der Waals surface area contributed by atoms with Crippen molar-refractivity contribution in [2.75, 3.05) is 0 Å². The molecule has 0 aromatic carbocycles. The molecule has 0 N–H and O–H groups in total. The van der Waals surface area contributed by atoms with Gasteiger partial charge in [-0.2, -0.15) is 0 Å². The fraction of sp³-hybridized carbons (Fsp3) is 0.750. The molecule has 0 atom stereocenters. The van der Waals surface area contributed by atoms with Crippen LogP contribution < -0.4 is 0 Å². The molecule has 2 nitrogen and oxygen atoms in total. The van der Waals surface area contributed by atoms with E-state index in [0.29, 0.717) is 12.8 Å². The molecule has 0 saturated carbocycles. The van der Waals surface area contributed by atoms with Gasteiger partial charge in [-0.3, -0.25) is 0 Å². The number of carbonyl (C=O) groups excluding carboxylic acids is 2. The Hall–Kier alpha value is -0.660. The third-order valence-electron chi connectivity index (χ3n) is 0.996. The van der Waals surface area contributed by atoms with Crippen LogP contribution >= 0.6 is 0 Å². The van der Waals surface area contributed by atoms with E-state index in [4.69, 9.17) is 0 Å². The molecule has 0 spiro atoms. The van der Waals surface area contributed by atoms with E-state index in [1.807, 2.05) is 13.8 Å². The van der Waals surface area contributed by atoms with Crippen molar-refractivity contribution in [3.05, 3.63) is 0 Å². The smallest absolute Gasteiger partial charge is 0.129 e. The predicted molar refractivity (Wildman–Crippen MR) is 41.9 cm³/mol. The molecule has 0 bridgehead atoms. The molecule has 0 rings (SSSR count). The molecule has 0 saturated heterocycles. The van der Waals surface area contributed by atoms with E-state index < -0.39 is 0 Å². The van der Waals surface area contributed by atoms with Gasteiger partial charge >= 0.3 is 0 Å². The van der Waals surface area contributed by atoms with Crippen LogP contribution in [0, 0.1) is 0 Å². The summed E-state index contributed by atoms with van der Waals surface area (Å²) in [6, 6.07) is 0. The van der Waals surface area contributed by atoms with E-state index in [1.165, 1.54) is 0 Å². The number of Topliss-reactive ketones (excluding diaryl/α,β-unsaturated/α-hetero) is 2. The lowest BCUT2D eigenvalue weighted by molar-refractivity contribution is -0.117. The minimum Gasteiger partial charge on any atom is -0.300 e. The highest BCUT2D eigenvalue weighted by atomic mass is 16.1. The highest BCUT2D eigenvalue weighted by Gasteiger charge is 1.77. The maximum atomic E-state index is 9.81. The first-order valence-electron chi connectivity index (χ1n) is 3.53. The van der Waals surface area contributed by atoms with Crippen molar-refractivity contribution in [2.24, 2.45) is 0 Å². The number of rotatable bonds is 2. The minimum atomic E-state index is 0.255. The van der Waals surface area contributed by atoms with E-state index >= 15 is 0 Å². The van der Waals surface area contributed by atoms with Crippen molar-refractivity contribution < 1.29 is 9.59 Å². The molecule has 0 radical (unpaired) electrons. The maximum absolute atomic E-state index is 9.81.